The van der Waals surface area contributed by atoms with Crippen LogP contribution in [0.15, 0.2) is 0 Å². The standard InChI is InChI=1S/C5H11NO2S.C4H8O2/c1-9-3-2-4(6)5(7)8;1-2-3-4(5)6/h4H,2-3,6H2,1H3,(H,7,8);2-3H2,1H3,(H,5,6). The van der Waals surface area contributed by atoms with Gasteiger partial charge in [0.05, 0.1) is 0 Å². The minimum Gasteiger partial charge on any atom is -0.481 e. The number of rotatable bonds is 6. The number of hydrogen-bond donors (Lipinski definition) is 3. The average Bonchev–Trinajstić information content (AvgIpc) is 2.14. The van der Waals surface area contributed by atoms with Crippen LogP contribution < -0.4 is 5.73 Å². The Morgan fingerprint density at radius 3 is 2.13 bits per heavy atom. The summed E-state index contributed by atoms with van der Waals surface area (Å²) in [4.78, 5) is 19.7. The first-order valence-electron chi connectivity index (χ1n) is 4.64. The Bertz CT molecular complexity index is 187. The lowest BCUT2D eigenvalue weighted by Crippen LogP contribution is -2.30. The molecule has 90 valence electrons. The Morgan fingerprint density at radius 1 is 1.40 bits per heavy atom. The third-order valence-corrected chi connectivity index (χ3v) is 2.06. The van der Waals surface area contributed by atoms with Gasteiger partial charge in [-0.1, -0.05) is 6.92 Å². The maximum atomic E-state index is 10.1. The summed E-state index contributed by atoms with van der Waals surface area (Å²) in [5, 5.41) is 16.2. The van der Waals surface area contributed by atoms with Crippen molar-refractivity contribution in [3.63, 3.8) is 0 Å². The predicted octanol–water partition coefficient (Wildman–Crippen LogP) is 1.02. The molecule has 0 radical (unpaired) electrons. The van der Waals surface area contributed by atoms with E-state index in [0.717, 1.165) is 12.2 Å². The minimum absolute atomic E-state index is 0.292. The van der Waals surface area contributed by atoms with E-state index in [1.54, 1.807) is 11.8 Å². The first-order valence-corrected chi connectivity index (χ1v) is 6.04. The Labute approximate surface area is 94.0 Å². The highest BCUT2D eigenvalue weighted by Gasteiger charge is 2.08. The topological polar surface area (TPSA) is 101 Å². The van der Waals surface area contributed by atoms with E-state index >= 15 is 0 Å². The van der Waals surface area contributed by atoms with Gasteiger partial charge in [0.1, 0.15) is 6.04 Å². The zero-order valence-electron chi connectivity index (χ0n) is 9.10. The molecular weight excluding hydrogens is 218 g/mol. The molecule has 0 saturated heterocycles. The molecule has 0 amide bonds. The fourth-order valence-corrected chi connectivity index (χ4v) is 1.07. The average molecular weight is 237 g/mol. The van der Waals surface area contributed by atoms with Crippen molar-refractivity contribution in [2.75, 3.05) is 12.0 Å². The third kappa shape index (κ3) is 16.0. The smallest absolute Gasteiger partial charge is 0.320 e. The van der Waals surface area contributed by atoms with Crippen LogP contribution in [0.4, 0.5) is 0 Å². The highest BCUT2D eigenvalue weighted by molar-refractivity contribution is 7.98. The Kier molecular flexibility index (Phi) is 12.6. The summed E-state index contributed by atoms with van der Waals surface area (Å²) in [7, 11) is 0. The molecule has 0 aliphatic rings. The number of hydrogen-bond acceptors (Lipinski definition) is 4. The summed E-state index contributed by atoms with van der Waals surface area (Å²) in [5.41, 5.74) is 5.19. The summed E-state index contributed by atoms with van der Waals surface area (Å²) >= 11 is 1.60. The largest absolute Gasteiger partial charge is 0.481 e. The summed E-state index contributed by atoms with van der Waals surface area (Å²) in [6.45, 7) is 1.84. The molecule has 0 aliphatic heterocycles. The molecule has 4 N–H and O–H groups in total. The van der Waals surface area contributed by atoms with Gasteiger partial charge in [-0.3, -0.25) is 9.59 Å². The Morgan fingerprint density at radius 2 is 1.93 bits per heavy atom. The molecular formula is C9H19NO4S. The van der Waals surface area contributed by atoms with Crippen molar-refractivity contribution in [2.45, 2.75) is 32.2 Å². The molecule has 5 nitrogen and oxygen atoms in total. The van der Waals surface area contributed by atoms with Gasteiger partial charge in [-0.15, -0.1) is 0 Å². The highest BCUT2D eigenvalue weighted by Crippen LogP contribution is 1.97. The molecule has 15 heavy (non-hydrogen) atoms. The van der Waals surface area contributed by atoms with Crippen molar-refractivity contribution in [1.29, 1.82) is 0 Å². The molecule has 0 aromatic heterocycles. The van der Waals surface area contributed by atoms with Gasteiger partial charge in [0, 0.05) is 6.42 Å². The van der Waals surface area contributed by atoms with Crippen LogP contribution in [0.1, 0.15) is 26.2 Å². The van der Waals surface area contributed by atoms with Gasteiger partial charge >= 0.3 is 11.9 Å². The second-order valence-corrected chi connectivity index (χ2v) is 3.86. The minimum atomic E-state index is -0.913. The van der Waals surface area contributed by atoms with Gasteiger partial charge < -0.3 is 15.9 Å². The molecule has 0 aliphatic carbocycles. The lowest BCUT2D eigenvalue weighted by molar-refractivity contribution is -0.139. The van der Waals surface area contributed by atoms with Crippen molar-refractivity contribution >= 4 is 23.7 Å². The van der Waals surface area contributed by atoms with Crippen LogP contribution in [-0.4, -0.2) is 40.2 Å². The third-order valence-electron chi connectivity index (χ3n) is 1.41. The summed E-state index contributed by atoms with van der Waals surface area (Å²) < 4.78 is 0. The van der Waals surface area contributed by atoms with E-state index in [0.29, 0.717) is 12.8 Å². The molecule has 1 unspecified atom stereocenters. The molecule has 0 fully saturated rings. The van der Waals surface area contributed by atoms with Crippen LogP contribution in [-0.2, 0) is 9.59 Å². The Balaban J connectivity index is 0. The second-order valence-electron chi connectivity index (χ2n) is 2.87. The monoisotopic (exact) mass is 237 g/mol. The van der Waals surface area contributed by atoms with Gasteiger partial charge in [-0.2, -0.15) is 11.8 Å². The maximum absolute atomic E-state index is 10.1. The first kappa shape index (κ1) is 16.7. The molecule has 0 heterocycles. The van der Waals surface area contributed by atoms with E-state index in [9.17, 15) is 9.59 Å². The van der Waals surface area contributed by atoms with Crippen molar-refractivity contribution < 1.29 is 19.8 Å². The van der Waals surface area contributed by atoms with E-state index in [-0.39, 0.29) is 0 Å². The fraction of sp³-hybridized carbons (Fsp3) is 0.778. The zero-order valence-corrected chi connectivity index (χ0v) is 9.92. The number of carboxylic acids is 2. The van der Waals surface area contributed by atoms with E-state index in [2.05, 4.69) is 0 Å². The number of carbonyl (C=O) groups is 2. The predicted molar refractivity (Wildman–Crippen MR) is 61.2 cm³/mol. The van der Waals surface area contributed by atoms with Crippen molar-refractivity contribution in [1.82, 2.24) is 0 Å². The molecule has 0 aromatic rings. The summed E-state index contributed by atoms with van der Waals surface area (Å²) in [5.74, 6) is -0.811. The van der Waals surface area contributed by atoms with Crippen LogP contribution in [0.25, 0.3) is 0 Å². The van der Waals surface area contributed by atoms with Crippen molar-refractivity contribution in [2.24, 2.45) is 5.73 Å². The van der Waals surface area contributed by atoms with Gasteiger partial charge in [-0.25, -0.2) is 0 Å². The second kappa shape index (κ2) is 11.3. The quantitative estimate of drug-likeness (QED) is 0.637. The lowest BCUT2D eigenvalue weighted by Gasteiger charge is -2.02. The molecule has 0 saturated carbocycles. The summed E-state index contributed by atoms with van der Waals surface area (Å²) in [6.07, 6.45) is 3.50. The fourth-order valence-electron chi connectivity index (χ4n) is 0.582. The van der Waals surface area contributed by atoms with Gasteiger partial charge in [0.15, 0.2) is 0 Å². The van der Waals surface area contributed by atoms with Crippen LogP contribution in [0.5, 0.6) is 0 Å². The lowest BCUT2D eigenvalue weighted by atomic mass is 10.2. The molecule has 1 atom stereocenters. The van der Waals surface area contributed by atoms with Gasteiger partial charge in [-0.05, 0) is 24.9 Å². The van der Waals surface area contributed by atoms with E-state index in [1.807, 2.05) is 13.2 Å². The van der Waals surface area contributed by atoms with Crippen molar-refractivity contribution in [3.8, 4) is 0 Å². The van der Waals surface area contributed by atoms with Gasteiger partial charge in [0.2, 0.25) is 0 Å². The molecule has 0 aromatic carbocycles. The highest BCUT2D eigenvalue weighted by atomic mass is 32.2. The maximum Gasteiger partial charge on any atom is 0.320 e. The Hall–Kier alpha value is -0.750. The molecule has 6 heteroatoms. The van der Waals surface area contributed by atoms with E-state index < -0.39 is 18.0 Å². The SMILES string of the molecule is CCCC(=O)O.CSCCC(N)C(=O)O. The van der Waals surface area contributed by atoms with Gasteiger partial charge in [0.25, 0.3) is 0 Å². The number of nitrogens with two attached hydrogens (primary N) is 1. The zero-order chi connectivity index (χ0) is 12.3. The van der Waals surface area contributed by atoms with Crippen molar-refractivity contribution in [3.05, 3.63) is 0 Å². The summed E-state index contributed by atoms with van der Waals surface area (Å²) in [6, 6.07) is -0.683. The first-order chi connectivity index (χ1) is 6.95. The van der Waals surface area contributed by atoms with E-state index in [1.165, 1.54) is 0 Å². The molecule has 0 rings (SSSR count). The number of thioether (sulfide) groups is 1. The molecule has 0 spiro atoms. The van der Waals surface area contributed by atoms with Crippen LogP contribution in [0, 0.1) is 0 Å². The van der Waals surface area contributed by atoms with E-state index in [4.69, 9.17) is 15.9 Å². The number of aliphatic carboxylic acids is 2. The van der Waals surface area contributed by atoms with Crippen LogP contribution in [0.2, 0.25) is 0 Å². The normalized spacial score (nSPS) is 11.1. The van der Waals surface area contributed by atoms with Crippen LogP contribution in [0.3, 0.4) is 0 Å². The molecule has 0 bridgehead atoms. The number of carboxylic acid groups (broad SMARTS) is 2. The van der Waals surface area contributed by atoms with Crippen LogP contribution >= 0.6 is 11.8 Å².